The van der Waals surface area contributed by atoms with Crippen molar-refractivity contribution in [2.45, 2.75) is 38.3 Å². The Hall–Kier alpha value is -1.20. The van der Waals surface area contributed by atoms with Gasteiger partial charge in [-0.05, 0) is 38.4 Å². The zero-order valence-corrected chi connectivity index (χ0v) is 12.8. The third-order valence-corrected chi connectivity index (χ3v) is 4.75. The number of nitrogens with two attached hydrogens (primary N) is 1. The second-order valence-electron chi connectivity index (χ2n) is 5.92. The van der Waals surface area contributed by atoms with Crippen LogP contribution in [0.15, 0.2) is 18.3 Å². The van der Waals surface area contributed by atoms with Crippen LogP contribution in [0.2, 0.25) is 0 Å². The maximum absolute atomic E-state index is 5.63. The van der Waals surface area contributed by atoms with Gasteiger partial charge in [-0.2, -0.15) is 0 Å². The summed E-state index contributed by atoms with van der Waals surface area (Å²) in [6.45, 7) is 5.77. The normalized spacial score (nSPS) is 27.1. The minimum Gasteiger partial charge on any atom is -0.389 e. The molecule has 0 bridgehead atoms. The fourth-order valence-corrected chi connectivity index (χ4v) is 3.49. The molecule has 20 heavy (non-hydrogen) atoms. The largest absolute Gasteiger partial charge is 0.389 e. The van der Waals surface area contributed by atoms with E-state index in [-0.39, 0.29) is 0 Å². The van der Waals surface area contributed by atoms with Crippen molar-refractivity contribution in [1.29, 1.82) is 0 Å². The maximum atomic E-state index is 5.63. The van der Waals surface area contributed by atoms with Gasteiger partial charge >= 0.3 is 0 Å². The molecule has 2 fully saturated rings. The van der Waals surface area contributed by atoms with E-state index in [2.05, 4.69) is 21.7 Å². The topological polar surface area (TPSA) is 45.4 Å². The molecule has 1 aromatic rings. The summed E-state index contributed by atoms with van der Waals surface area (Å²) in [5, 5.41) is 0. The van der Waals surface area contributed by atoms with E-state index >= 15 is 0 Å². The van der Waals surface area contributed by atoms with Crippen LogP contribution < -0.4 is 10.6 Å². The Balaban J connectivity index is 1.77. The predicted octanol–water partition coefficient (Wildman–Crippen LogP) is 1.78. The van der Waals surface area contributed by atoms with Crippen molar-refractivity contribution in [3.63, 3.8) is 0 Å². The fourth-order valence-electron chi connectivity index (χ4n) is 3.37. The molecule has 5 heteroatoms. The highest BCUT2D eigenvalue weighted by atomic mass is 32.1. The first kappa shape index (κ1) is 13.8. The van der Waals surface area contributed by atoms with Gasteiger partial charge in [-0.25, -0.2) is 4.98 Å². The van der Waals surface area contributed by atoms with E-state index in [0.29, 0.717) is 17.1 Å². The van der Waals surface area contributed by atoms with Crippen LogP contribution in [0, 0.1) is 0 Å². The van der Waals surface area contributed by atoms with Crippen LogP contribution in [-0.2, 0) is 0 Å². The van der Waals surface area contributed by atoms with Crippen LogP contribution in [-0.4, -0.2) is 46.6 Å². The number of aromatic nitrogens is 1. The van der Waals surface area contributed by atoms with Gasteiger partial charge in [0.2, 0.25) is 0 Å². The molecule has 2 N–H and O–H groups in total. The molecule has 0 amide bonds. The molecule has 0 aliphatic carbocycles. The Morgan fingerprint density at radius 1 is 1.35 bits per heavy atom. The Bertz CT molecular complexity index is 487. The molecule has 4 nitrogen and oxygen atoms in total. The zero-order valence-electron chi connectivity index (χ0n) is 12.0. The zero-order chi connectivity index (χ0) is 14.1. The van der Waals surface area contributed by atoms with E-state index < -0.39 is 0 Å². The van der Waals surface area contributed by atoms with Gasteiger partial charge in [-0.15, -0.1) is 0 Å². The lowest BCUT2D eigenvalue weighted by molar-refractivity contribution is 0.115. The van der Waals surface area contributed by atoms with E-state index in [0.717, 1.165) is 24.5 Å². The van der Waals surface area contributed by atoms with Crippen molar-refractivity contribution in [2.75, 3.05) is 24.5 Å². The lowest BCUT2D eigenvalue weighted by Crippen LogP contribution is -2.59. The maximum Gasteiger partial charge on any atom is 0.128 e. The van der Waals surface area contributed by atoms with Gasteiger partial charge in [0.15, 0.2) is 0 Å². The first-order chi connectivity index (χ1) is 9.65. The van der Waals surface area contributed by atoms with Gasteiger partial charge in [0.25, 0.3) is 0 Å². The molecular formula is C15H22N4S. The summed E-state index contributed by atoms with van der Waals surface area (Å²) in [6, 6.07) is 5.22. The lowest BCUT2D eigenvalue weighted by atomic mass is 9.97. The molecule has 3 heterocycles. The SMILES string of the molecule is CC1CN2CCCCC2CN1c1ccc(C(N)=S)cn1. The number of anilines is 1. The van der Waals surface area contributed by atoms with Crippen LogP contribution >= 0.6 is 12.2 Å². The average molecular weight is 290 g/mol. The van der Waals surface area contributed by atoms with Crippen LogP contribution in [0.25, 0.3) is 0 Å². The van der Waals surface area contributed by atoms with Crippen molar-refractivity contribution in [1.82, 2.24) is 9.88 Å². The molecule has 108 valence electrons. The van der Waals surface area contributed by atoms with Crippen molar-refractivity contribution in [2.24, 2.45) is 5.73 Å². The molecule has 2 atom stereocenters. The van der Waals surface area contributed by atoms with Crippen LogP contribution in [0.4, 0.5) is 5.82 Å². The molecule has 2 aliphatic rings. The molecule has 0 aromatic carbocycles. The second-order valence-corrected chi connectivity index (χ2v) is 6.36. The van der Waals surface area contributed by atoms with Crippen molar-refractivity contribution in [3.05, 3.63) is 23.9 Å². The number of piperidine rings is 1. The third kappa shape index (κ3) is 2.65. The molecule has 2 saturated heterocycles. The highest BCUT2D eigenvalue weighted by Crippen LogP contribution is 2.27. The summed E-state index contributed by atoms with van der Waals surface area (Å²) in [5.74, 6) is 1.04. The lowest BCUT2D eigenvalue weighted by Gasteiger charge is -2.48. The summed E-state index contributed by atoms with van der Waals surface area (Å²) < 4.78 is 0. The minimum absolute atomic E-state index is 0.411. The number of rotatable bonds is 2. The first-order valence-corrected chi connectivity index (χ1v) is 7.82. The molecule has 1 aromatic heterocycles. The molecule has 3 rings (SSSR count). The summed E-state index contributed by atoms with van der Waals surface area (Å²) in [4.78, 5) is 10.0. The number of pyridine rings is 1. The Labute approximate surface area is 126 Å². The highest BCUT2D eigenvalue weighted by molar-refractivity contribution is 7.80. The minimum atomic E-state index is 0.411. The van der Waals surface area contributed by atoms with Gasteiger partial charge < -0.3 is 10.6 Å². The van der Waals surface area contributed by atoms with Crippen LogP contribution in [0.5, 0.6) is 0 Å². The number of fused-ring (bicyclic) bond motifs is 1. The van der Waals surface area contributed by atoms with Gasteiger partial charge in [0.05, 0.1) is 0 Å². The van der Waals surface area contributed by atoms with Crippen LogP contribution in [0.1, 0.15) is 31.7 Å². The second kappa shape index (κ2) is 5.66. The summed E-state index contributed by atoms with van der Waals surface area (Å²) in [5.41, 5.74) is 6.47. The van der Waals surface area contributed by atoms with Gasteiger partial charge in [0.1, 0.15) is 10.8 Å². The van der Waals surface area contributed by atoms with Gasteiger partial charge in [-0.3, -0.25) is 4.90 Å². The molecule has 2 aliphatic heterocycles. The summed E-state index contributed by atoms with van der Waals surface area (Å²) in [6.07, 6.45) is 5.81. The Kier molecular flexibility index (Phi) is 3.89. The molecule has 0 spiro atoms. The Morgan fingerprint density at radius 3 is 2.90 bits per heavy atom. The van der Waals surface area contributed by atoms with Crippen molar-refractivity contribution < 1.29 is 0 Å². The van der Waals surface area contributed by atoms with Crippen LogP contribution in [0.3, 0.4) is 0 Å². The summed E-state index contributed by atoms with van der Waals surface area (Å²) >= 11 is 4.98. The fraction of sp³-hybridized carbons (Fsp3) is 0.600. The van der Waals surface area contributed by atoms with E-state index in [1.807, 2.05) is 12.1 Å². The first-order valence-electron chi connectivity index (χ1n) is 7.41. The standard InChI is InChI=1S/C15H22N4S/c1-11-9-18-7-3-2-4-13(18)10-19(11)14-6-5-12(8-17-14)15(16)20/h5-6,8,11,13H,2-4,7,9-10H2,1H3,(H2,16,20). The molecular weight excluding hydrogens is 268 g/mol. The van der Waals surface area contributed by atoms with Gasteiger partial charge in [0, 0.05) is 36.9 Å². The third-order valence-electron chi connectivity index (χ3n) is 4.51. The van der Waals surface area contributed by atoms with E-state index in [1.54, 1.807) is 6.20 Å². The average Bonchev–Trinajstić information content (AvgIpc) is 2.46. The quantitative estimate of drug-likeness (QED) is 0.841. The van der Waals surface area contributed by atoms with E-state index in [1.165, 1.54) is 25.8 Å². The molecule has 0 saturated carbocycles. The monoisotopic (exact) mass is 290 g/mol. The van der Waals surface area contributed by atoms with E-state index in [4.69, 9.17) is 18.0 Å². The number of hydrogen-bond acceptors (Lipinski definition) is 4. The number of hydrogen-bond donors (Lipinski definition) is 1. The predicted molar refractivity (Wildman–Crippen MR) is 86.1 cm³/mol. The number of piperazine rings is 1. The molecule has 0 radical (unpaired) electrons. The molecule has 2 unspecified atom stereocenters. The smallest absolute Gasteiger partial charge is 0.128 e. The summed E-state index contributed by atoms with van der Waals surface area (Å²) in [7, 11) is 0. The van der Waals surface area contributed by atoms with E-state index in [9.17, 15) is 0 Å². The number of thiocarbonyl (C=S) groups is 1. The Morgan fingerprint density at radius 2 is 2.20 bits per heavy atom. The number of nitrogens with zero attached hydrogens (tertiary/aromatic N) is 3. The van der Waals surface area contributed by atoms with Crippen molar-refractivity contribution >= 4 is 23.0 Å². The van der Waals surface area contributed by atoms with Gasteiger partial charge in [-0.1, -0.05) is 18.6 Å². The highest BCUT2D eigenvalue weighted by Gasteiger charge is 2.33. The van der Waals surface area contributed by atoms with Crippen molar-refractivity contribution in [3.8, 4) is 0 Å².